The van der Waals surface area contributed by atoms with Crippen LogP contribution in [0.25, 0.3) is 0 Å². The quantitative estimate of drug-likeness (QED) is 0.611. The second kappa shape index (κ2) is 3.06. The van der Waals surface area contributed by atoms with Crippen LogP contribution in [0.3, 0.4) is 0 Å². The lowest BCUT2D eigenvalue weighted by Crippen LogP contribution is -1.97. The summed E-state index contributed by atoms with van der Waals surface area (Å²) in [5, 5.41) is 8.84. The predicted octanol–water partition coefficient (Wildman–Crippen LogP) is 1.72. The van der Waals surface area contributed by atoms with E-state index >= 15 is 0 Å². The van der Waals surface area contributed by atoms with E-state index in [9.17, 15) is 4.79 Å². The van der Waals surface area contributed by atoms with E-state index in [1.54, 1.807) is 11.6 Å². The minimum Gasteiger partial charge on any atom is -0.339 e. The van der Waals surface area contributed by atoms with Crippen molar-refractivity contribution in [1.82, 2.24) is 4.57 Å². The van der Waals surface area contributed by atoms with Crippen molar-refractivity contribution in [3.8, 4) is 6.07 Å². The van der Waals surface area contributed by atoms with E-state index in [1.807, 2.05) is 13.8 Å². The molecule has 1 aromatic rings. The average molecular weight is 176 g/mol. The molecule has 1 rings (SSSR count). The molecule has 0 bridgehead atoms. The van der Waals surface area contributed by atoms with Gasteiger partial charge in [0.15, 0.2) is 5.78 Å². The van der Waals surface area contributed by atoms with Crippen LogP contribution in [0.1, 0.15) is 34.2 Å². The minimum atomic E-state index is 0.0205. The van der Waals surface area contributed by atoms with Gasteiger partial charge < -0.3 is 4.57 Å². The Hall–Kier alpha value is -1.56. The summed E-state index contributed by atoms with van der Waals surface area (Å²) < 4.78 is 1.76. The van der Waals surface area contributed by atoms with Gasteiger partial charge in [0.25, 0.3) is 0 Å². The van der Waals surface area contributed by atoms with E-state index < -0.39 is 0 Å². The molecule has 1 aromatic heterocycles. The average Bonchev–Trinajstić information content (AvgIpc) is 2.24. The molecule has 0 fully saturated rings. The van der Waals surface area contributed by atoms with Crippen molar-refractivity contribution >= 4 is 5.78 Å². The van der Waals surface area contributed by atoms with Gasteiger partial charge in [-0.3, -0.25) is 4.79 Å². The van der Waals surface area contributed by atoms with Crippen LogP contribution in [0.2, 0.25) is 0 Å². The standard InChI is InChI=1S/C10H12N2O/c1-6-9(5-11)12(4)7(2)10(6)8(3)13/h1-4H3. The Morgan fingerprint density at radius 1 is 1.46 bits per heavy atom. The van der Waals surface area contributed by atoms with Crippen LogP contribution < -0.4 is 0 Å². The van der Waals surface area contributed by atoms with E-state index in [4.69, 9.17) is 5.26 Å². The Morgan fingerprint density at radius 3 is 2.23 bits per heavy atom. The Kier molecular flexibility index (Phi) is 2.24. The molecule has 0 spiro atoms. The molecule has 3 heteroatoms. The van der Waals surface area contributed by atoms with Crippen LogP contribution in [0.15, 0.2) is 0 Å². The maximum absolute atomic E-state index is 11.2. The Morgan fingerprint density at radius 2 is 2.00 bits per heavy atom. The Bertz CT molecular complexity index is 408. The van der Waals surface area contributed by atoms with Gasteiger partial charge >= 0.3 is 0 Å². The summed E-state index contributed by atoms with van der Waals surface area (Å²) in [6.45, 7) is 5.18. The molecule has 0 atom stereocenters. The molecule has 0 saturated carbocycles. The molecule has 0 amide bonds. The van der Waals surface area contributed by atoms with Crippen LogP contribution in [0, 0.1) is 25.2 Å². The first-order valence-electron chi connectivity index (χ1n) is 4.07. The first-order chi connectivity index (χ1) is 6.00. The highest BCUT2D eigenvalue weighted by molar-refractivity contribution is 5.97. The molecule has 0 unspecified atom stereocenters. The highest BCUT2D eigenvalue weighted by Crippen LogP contribution is 2.20. The number of hydrogen-bond donors (Lipinski definition) is 0. The number of nitrogens with zero attached hydrogens (tertiary/aromatic N) is 2. The van der Waals surface area contributed by atoms with Crippen molar-refractivity contribution in [2.45, 2.75) is 20.8 Å². The fourth-order valence-corrected chi connectivity index (χ4v) is 1.65. The van der Waals surface area contributed by atoms with E-state index in [0.29, 0.717) is 11.3 Å². The van der Waals surface area contributed by atoms with Crippen molar-refractivity contribution in [1.29, 1.82) is 5.26 Å². The molecule has 0 N–H and O–H groups in total. The van der Waals surface area contributed by atoms with E-state index in [-0.39, 0.29) is 5.78 Å². The SMILES string of the molecule is CC(=O)c1c(C)c(C#N)n(C)c1C. The monoisotopic (exact) mass is 176 g/mol. The van der Waals surface area contributed by atoms with E-state index in [0.717, 1.165) is 11.3 Å². The highest BCUT2D eigenvalue weighted by Gasteiger charge is 2.17. The van der Waals surface area contributed by atoms with E-state index in [2.05, 4.69) is 6.07 Å². The Labute approximate surface area is 77.6 Å². The summed E-state index contributed by atoms with van der Waals surface area (Å²) in [5.74, 6) is 0.0205. The summed E-state index contributed by atoms with van der Waals surface area (Å²) >= 11 is 0. The molecule has 0 aliphatic rings. The number of ketones is 1. The molecular formula is C10H12N2O. The summed E-state index contributed by atoms with van der Waals surface area (Å²) in [7, 11) is 1.80. The summed E-state index contributed by atoms with van der Waals surface area (Å²) in [5.41, 5.74) is 2.90. The lowest BCUT2D eigenvalue weighted by molar-refractivity contribution is 0.101. The van der Waals surface area contributed by atoms with Crippen LogP contribution in [0.4, 0.5) is 0 Å². The van der Waals surface area contributed by atoms with Gasteiger partial charge in [0.2, 0.25) is 0 Å². The lowest BCUT2D eigenvalue weighted by atomic mass is 10.1. The van der Waals surface area contributed by atoms with Crippen molar-refractivity contribution in [2.75, 3.05) is 0 Å². The zero-order valence-electron chi connectivity index (χ0n) is 8.30. The zero-order chi connectivity index (χ0) is 10.2. The van der Waals surface area contributed by atoms with E-state index in [1.165, 1.54) is 6.92 Å². The second-order valence-corrected chi connectivity index (χ2v) is 3.16. The normalized spacial score (nSPS) is 9.77. The molecule has 3 nitrogen and oxygen atoms in total. The number of Topliss-reactive ketones (excluding diaryl/α,β-unsaturated/α-hetero) is 1. The molecule has 13 heavy (non-hydrogen) atoms. The maximum Gasteiger partial charge on any atom is 0.161 e. The van der Waals surface area contributed by atoms with Gasteiger partial charge in [-0.2, -0.15) is 5.26 Å². The Balaban J connectivity index is 3.57. The van der Waals surface area contributed by atoms with Crippen LogP contribution in [-0.2, 0) is 7.05 Å². The molecular weight excluding hydrogens is 164 g/mol. The number of carbonyl (C=O) groups excluding carboxylic acids is 1. The number of nitriles is 1. The summed E-state index contributed by atoms with van der Waals surface area (Å²) in [6.07, 6.45) is 0. The third kappa shape index (κ3) is 1.25. The lowest BCUT2D eigenvalue weighted by Gasteiger charge is -1.97. The molecule has 0 saturated heterocycles. The van der Waals surface area contributed by atoms with Gasteiger partial charge in [0, 0.05) is 18.3 Å². The zero-order valence-corrected chi connectivity index (χ0v) is 8.30. The number of carbonyl (C=O) groups is 1. The fourth-order valence-electron chi connectivity index (χ4n) is 1.65. The molecule has 0 radical (unpaired) electrons. The predicted molar refractivity (Wildman–Crippen MR) is 49.6 cm³/mol. The molecule has 0 aliphatic heterocycles. The van der Waals surface area contributed by atoms with Crippen molar-refractivity contribution < 1.29 is 4.79 Å². The topological polar surface area (TPSA) is 45.8 Å². The van der Waals surface area contributed by atoms with Gasteiger partial charge in [-0.05, 0) is 26.3 Å². The number of rotatable bonds is 1. The van der Waals surface area contributed by atoms with Crippen LogP contribution >= 0.6 is 0 Å². The molecule has 0 aromatic carbocycles. The largest absolute Gasteiger partial charge is 0.339 e. The minimum absolute atomic E-state index is 0.0205. The molecule has 0 aliphatic carbocycles. The van der Waals surface area contributed by atoms with Gasteiger partial charge in [-0.15, -0.1) is 0 Å². The van der Waals surface area contributed by atoms with Gasteiger partial charge in [0.1, 0.15) is 11.8 Å². The van der Waals surface area contributed by atoms with Crippen LogP contribution in [-0.4, -0.2) is 10.4 Å². The third-order valence-corrected chi connectivity index (χ3v) is 2.39. The second-order valence-electron chi connectivity index (χ2n) is 3.16. The maximum atomic E-state index is 11.2. The molecule has 1 heterocycles. The first-order valence-corrected chi connectivity index (χ1v) is 4.07. The van der Waals surface area contributed by atoms with Crippen LogP contribution in [0.5, 0.6) is 0 Å². The van der Waals surface area contributed by atoms with Gasteiger partial charge in [-0.1, -0.05) is 0 Å². The summed E-state index contributed by atoms with van der Waals surface area (Å²) in [4.78, 5) is 11.2. The number of aromatic nitrogens is 1. The van der Waals surface area contributed by atoms with Crippen molar-refractivity contribution in [3.05, 3.63) is 22.5 Å². The summed E-state index contributed by atoms with van der Waals surface area (Å²) in [6, 6.07) is 2.09. The third-order valence-electron chi connectivity index (χ3n) is 2.39. The fraction of sp³-hybridized carbons (Fsp3) is 0.400. The van der Waals surface area contributed by atoms with Crippen molar-refractivity contribution in [3.63, 3.8) is 0 Å². The van der Waals surface area contributed by atoms with Gasteiger partial charge in [-0.25, -0.2) is 0 Å². The van der Waals surface area contributed by atoms with Gasteiger partial charge in [0.05, 0.1) is 0 Å². The van der Waals surface area contributed by atoms with Crippen molar-refractivity contribution in [2.24, 2.45) is 7.05 Å². The number of hydrogen-bond acceptors (Lipinski definition) is 2. The molecule has 68 valence electrons. The first kappa shape index (κ1) is 9.53. The smallest absolute Gasteiger partial charge is 0.161 e. The highest BCUT2D eigenvalue weighted by atomic mass is 16.1.